The Kier molecular flexibility index (Phi) is 40.7. The molecular formula is C44H87O3P. The zero-order chi connectivity index (χ0) is 34.9. The average molecular weight is 695 g/mol. The van der Waals surface area contributed by atoms with E-state index in [2.05, 4.69) is 45.1 Å². The lowest BCUT2D eigenvalue weighted by Crippen LogP contribution is -2.04. The van der Waals surface area contributed by atoms with Crippen molar-refractivity contribution in [2.75, 3.05) is 19.4 Å². The molecular weight excluding hydrogens is 607 g/mol. The second-order valence-electron chi connectivity index (χ2n) is 14.6. The van der Waals surface area contributed by atoms with Gasteiger partial charge < -0.3 is 9.05 Å². The van der Waals surface area contributed by atoms with Crippen LogP contribution in [0.3, 0.4) is 0 Å². The SMILES string of the molecule is CCCCCCCCC=CCCCCCCCCOP(=O)(CCCCCCCC)OCCCCCCCCC=CCCCCCCCC. The van der Waals surface area contributed by atoms with Crippen LogP contribution in [0.5, 0.6) is 0 Å². The average Bonchev–Trinajstić information content (AvgIpc) is 3.09. The highest BCUT2D eigenvalue weighted by molar-refractivity contribution is 7.53. The van der Waals surface area contributed by atoms with E-state index in [9.17, 15) is 4.57 Å². The molecule has 0 aromatic heterocycles. The summed E-state index contributed by atoms with van der Waals surface area (Å²) < 4.78 is 25.6. The zero-order valence-electron chi connectivity index (χ0n) is 33.1. The van der Waals surface area contributed by atoms with Crippen LogP contribution in [-0.2, 0) is 13.6 Å². The fourth-order valence-electron chi connectivity index (χ4n) is 6.36. The number of hydrogen-bond acceptors (Lipinski definition) is 3. The number of allylic oxidation sites excluding steroid dienone is 4. The molecule has 0 saturated carbocycles. The van der Waals surface area contributed by atoms with Gasteiger partial charge in [-0.2, -0.15) is 0 Å². The van der Waals surface area contributed by atoms with Gasteiger partial charge in [0.2, 0.25) is 0 Å². The Bertz CT molecular complexity index is 655. The van der Waals surface area contributed by atoms with Gasteiger partial charge in [-0.1, -0.05) is 193 Å². The number of hydrogen-bond donors (Lipinski definition) is 0. The first-order valence-corrected chi connectivity index (χ1v) is 23.6. The first-order valence-electron chi connectivity index (χ1n) is 21.9. The van der Waals surface area contributed by atoms with Crippen molar-refractivity contribution in [3.63, 3.8) is 0 Å². The third-order valence-corrected chi connectivity index (χ3v) is 11.7. The summed E-state index contributed by atoms with van der Waals surface area (Å²) in [4.78, 5) is 0. The van der Waals surface area contributed by atoms with E-state index in [0.29, 0.717) is 19.4 Å². The van der Waals surface area contributed by atoms with Gasteiger partial charge in [0, 0.05) is 0 Å². The van der Waals surface area contributed by atoms with E-state index in [4.69, 9.17) is 9.05 Å². The summed E-state index contributed by atoms with van der Waals surface area (Å²) in [5.74, 6) is 0. The number of rotatable bonds is 41. The summed E-state index contributed by atoms with van der Waals surface area (Å²) in [7, 11) is -2.97. The molecule has 0 unspecified atom stereocenters. The van der Waals surface area contributed by atoms with Crippen molar-refractivity contribution < 1.29 is 13.6 Å². The Morgan fingerprint density at radius 3 is 0.896 bits per heavy atom. The van der Waals surface area contributed by atoms with Crippen molar-refractivity contribution >= 4 is 7.60 Å². The Morgan fingerprint density at radius 1 is 0.333 bits per heavy atom. The molecule has 286 valence electrons. The second kappa shape index (κ2) is 41.1. The minimum atomic E-state index is -2.97. The van der Waals surface area contributed by atoms with Crippen LogP contribution in [0.15, 0.2) is 24.3 Å². The molecule has 0 bridgehead atoms. The lowest BCUT2D eigenvalue weighted by molar-refractivity contribution is 0.197. The van der Waals surface area contributed by atoms with Gasteiger partial charge in [-0.15, -0.1) is 0 Å². The van der Waals surface area contributed by atoms with Crippen LogP contribution in [0.2, 0.25) is 0 Å². The Morgan fingerprint density at radius 2 is 0.583 bits per heavy atom. The maximum atomic E-state index is 13.6. The normalized spacial score (nSPS) is 13.3. The third kappa shape index (κ3) is 38.4. The monoisotopic (exact) mass is 695 g/mol. The minimum Gasteiger partial charge on any atom is -0.309 e. The molecule has 3 nitrogen and oxygen atoms in total. The first kappa shape index (κ1) is 47.6. The fraction of sp³-hybridized carbons (Fsp3) is 0.909. The molecule has 0 aromatic carbocycles. The Hall–Kier alpha value is -0.370. The zero-order valence-corrected chi connectivity index (χ0v) is 34.0. The van der Waals surface area contributed by atoms with Crippen LogP contribution < -0.4 is 0 Å². The molecule has 0 fully saturated rings. The summed E-state index contributed by atoms with van der Waals surface area (Å²) in [6, 6.07) is 0. The largest absolute Gasteiger partial charge is 0.330 e. The van der Waals surface area contributed by atoms with Gasteiger partial charge in [0.1, 0.15) is 0 Å². The van der Waals surface area contributed by atoms with Crippen LogP contribution in [-0.4, -0.2) is 19.4 Å². The molecule has 0 atom stereocenters. The molecule has 0 spiro atoms. The van der Waals surface area contributed by atoms with Crippen LogP contribution >= 0.6 is 7.60 Å². The third-order valence-electron chi connectivity index (χ3n) is 9.67. The van der Waals surface area contributed by atoms with Gasteiger partial charge in [0.25, 0.3) is 0 Å². The molecule has 0 rings (SSSR count). The molecule has 0 aromatic rings. The highest BCUT2D eigenvalue weighted by atomic mass is 31.2. The highest BCUT2D eigenvalue weighted by Gasteiger charge is 2.23. The van der Waals surface area contributed by atoms with Crippen molar-refractivity contribution in [1.82, 2.24) is 0 Å². The van der Waals surface area contributed by atoms with Gasteiger partial charge in [0.15, 0.2) is 0 Å². The molecule has 48 heavy (non-hydrogen) atoms. The summed E-state index contributed by atoms with van der Waals surface area (Å²) in [5, 5.41) is 0. The number of unbranched alkanes of at least 4 members (excludes halogenated alkanes) is 29. The van der Waals surface area contributed by atoms with E-state index in [-0.39, 0.29) is 0 Å². The standard InChI is InChI=1S/C44H87O3P/c1-4-7-10-13-16-18-20-22-24-26-28-30-32-34-36-39-42-46-48(45,44-41-38-15-12-9-6-3)47-43-40-37-35-33-31-29-27-25-23-21-19-17-14-11-8-5-2/h22-25H,4-21,26-44H2,1-3H3. The lowest BCUT2D eigenvalue weighted by Gasteiger charge is -2.19. The van der Waals surface area contributed by atoms with E-state index < -0.39 is 7.60 Å². The topological polar surface area (TPSA) is 35.5 Å². The van der Waals surface area contributed by atoms with Gasteiger partial charge in [0.05, 0.1) is 19.4 Å². The van der Waals surface area contributed by atoms with Gasteiger partial charge in [-0.05, 0) is 70.6 Å². The minimum absolute atomic E-state index is 0.585. The van der Waals surface area contributed by atoms with Crippen LogP contribution in [0.25, 0.3) is 0 Å². The lowest BCUT2D eigenvalue weighted by atomic mass is 10.1. The smallest absolute Gasteiger partial charge is 0.309 e. The second-order valence-corrected chi connectivity index (χ2v) is 16.8. The molecule has 0 radical (unpaired) electrons. The summed E-state index contributed by atoms with van der Waals surface area (Å²) in [6.07, 6.45) is 53.7. The van der Waals surface area contributed by atoms with E-state index in [1.165, 1.54) is 193 Å². The fourth-order valence-corrected chi connectivity index (χ4v) is 8.12. The summed E-state index contributed by atoms with van der Waals surface area (Å²) in [5.41, 5.74) is 0. The highest BCUT2D eigenvalue weighted by Crippen LogP contribution is 2.49. The van der Waals surface area contributed by atoms with Crippen molar-refractivity contribution in [3.8, 4) is 0 Å². The van der Waals surface area contributed by atoms with E-state index >= 15 is 0 Å². The van der Waals surface area contributed by atoms with Crippen LogP contribution in [0.4, 0.5) is 0 Å². The summed E-state index contributed by atoms with van der Waals surface area (Å²) >= 11 is 0. The first-order chi connectivity index (χ1) is 23.7. The molecule has 0 aliphatic rings. The molecule has 0 saturated heterocycles. The molecule has 0 heterocycles. The van der Waals surface area contributed by atoms with E-state index in [0.717, 1.165) is 25.7 Å². The van der Waals surface area contributed by atoms with Crippen molar-refractivity contribution in [2.45, 2.75) is 239 Å². The molecule has 4 heteroatoms. The molecule has 0 N–H and O–H groups in total. The molecule has 0 aliphatic carbocycles. The van der Waals surface area contributed by atoms with Crippen molar-refractivity contribution in [2.24, 2.45) is 0 Å². The van der Waals surface area contributed by atoms with Crippen LogP contribution in [0.1, 0.15) is 239 Å². The maximum Gasteiger partial charge on any atom is 0.330 e. The molecule has 0 amide bonds. The predicted octanol–water partition coefficient (Wildman–Crippen LogP) is 16.6. The Balaban J connectivity index is 3.93. The van der Waals surface area contributed by atoms with Gasteiger partial charge >= 0.3 is 7.60 Å². The van der Waals surface area contributed by atoms with Crippen LogP contribution in [0, 0.1) is 0 Å². The maximum absolute atomic E-state index is 13.6. The quantitative estimate of drug-likeness (QED) is 0.0363. The summed E-state index contributed by atoms with van der Waals surface area (Å²) in [6.45, 7) is 7.99. The van der Waals surface area contributed by atoms with E-state index in [1.807, 2.05) is 0 Å². The van der Waals surface area contributed by atoms with Gasteiger partial charge in [-0.25, -0.2) is 0 Å². The van der Waals surface area contributed by atoms with Crippen molar-refractivity contribution in [1.29, 1.82) is 0 Å². The Labute approximate surface area is 303 Å². The van der Waals surface area contributed by atoms with E-state index in [1.54, 1.807) is 0 Å². The molecule has 0 aliphatic heterocycles. The predicted molar refractivity (Wildman–Crippen MR) is 217 cm³/mol. The van der Waals surface area contributed by atoms with Gasteiger partial charge in [-0.3, -0.25) is 4.57 Å². The van der Waals surface area contributed by atoms with Crippen molar-refractivity contribution in [3.05, 3.63) is 24.3 Å².